The summed E-state index contributed by atoms with van der Waals surface area (Å²) in [5.74, 6) is 0. The number of amides is 1. The summed E-state index contributed by atoms with van der Waals surface area (Å²) in [7, 11) is 0. The zero-order valence-corrected chi connectivity index (χ0v) is 19.7. The van der Waals surface area contributed by atoms with Crippen LogP contribution < -0.4 is 4.90 Å². The van der Waals surface area contributed by atoms with Crippen molar-refractivity contribution in [3.05, 3.63) is 17.2 Å². The quantitative estimate of drug-likeness (QED) is 0.633. The Bertz CT molecular complexity index is 883. The van der Waals surface area contributed by atoms with Crippen molar-refractivity contribution in [3.63, 3.8) is 0 Å². The Morgan fingerprint density at radius 2 is 1.86 bits per heavy atom. The van der Waals surface area contributed by atoms with Crippen molar-refractivity contribution >= 4 is 46.2 Å². The third-order valence-electron chi connectivity index (χ3n) is 5.03. The first-order valence-electron chi connectivity index (χ1n) is 10.1. The number of thioether (sulfide) groups is 1. The Kier molecular flexibility index (Phi) is 6.30. The average molecular weight is 439 g/mol. The van der Waals surface area contributed by atoms with E-state index in [0.717, 1.165) is 28.3 Å². The monoisotopic (exact) mass is 438 g/mol. The molecule has 0 radical (unpaired) electrons. The highest BCUT2D eigenvalue weighted by Gasteiger charge is 2.27. The van der Waals surface area contributed by atoms with Gasteiger partial charge in [-0.2, -0.15) is 0 Å². The van der Waals surface area contributed by atoms with Crippen LogP contribution in [0.2, 0.25) is 5.02 Å². The molecule has 0 unspecified atom stereocenters. The molecule has 1 aliphatic rings. The first-order valence-corrected chi connectivity index (χ1v) is 11.3. The van der Waals surface area contributed by atoms with Gasteiger partial charge in [0.15, 0.2) is 5.16 Å². The third kappa shape index (κ3) is 5.51. The molecule has 6 nitrogen and oxygen atoms in total. The summed E-state index contributed by atoms with van der Waals surface area (Å²) in [5, 5.41) is 1.60. The molecule has 3 rings (SSSR count). The molecule has 1 aromatic carbocycles. The fraction of sp³-hybridized carbons (Fsp3) is 0.619. The molecule has 0 spiro atoms. The number of ether oxygens (including phenoxy) is 1. The minimum absolute atomic E-state index is 0.124. The number of nitrogens with one attached hydrogen (secondary N) is 1. The number of hydrogen-bond donors (Lipinski definition) is 1. The standard InChI is InChI=1S/C21H31ClN4O2S/c1-7-21(5,6)29-18-23-15-12-14(22)17(13-16(15)24-18)25-8-10-26(11-9-25)19(27)28-20(2,3)4/h12-13H,7-11H2,1-6H3,(H,23,24). The number of piperazine rings is 1. The predicted molar refractivity (Wildman–Crippen MR) is 121 cm³/mol. The maximum Gasteiger partial charge on any atom is 0.410 e. The van der Waals surface area contributed by atoms with Crippen molar-refractivity contribution in [1.82, 2.24) is 14.9 Å². The maximum atomic E-state index is 12.3. The summed E-state index contributed by atoms with van der Waals surface area (Å²) in [6, 6.07) is 3.99. The van der Waals surface area contributed by atoms with Crippen LogP contribution in [0.4, 0.5) is 10.5 Å². The van der Waals surface area contributed by atoms with Crippen molar-refractivity contribution in [1.29, 1.82) is 0 Å². The zero-order chi connectivity index (χ0) is 21.4. The van der Waals surface area contributed by atoms with E-state index >= 15 is 0 Å². The summed E-state index contributed by atoms with van der Waals surface area (Å²) < 4.78 is 5.60. The average Bonchev–Trinajstić information content (AvgIpc) is 3.00. The number of carbonyl (C=O) groups is 1. The van der Waals surface area contributed by atoms with Gasteiger partial charge in [0.2, 0.25) is 0 Å². The van der Waals surface area contributed by atoms with Crippen LogP contribution in [-0.4, -0.2) is 57.5 Å². The Morgan fingerprint density at radius 3 is 2.45 bits per heavy atom. The molecule has 1 saturated heterocycles. The fourth-order valence-electron chi connectivity index (χ4n) is 3.08. The number of halogens is 1. The molecule has 1 aliphatic heterocycles. The lowest BCUT2D eigenvalue weighted by atomic mass is 10.1. The number of aromatic amines is 1. The van der Waals surface area contributed by atoms with Crippen LogP contribution in [0.1, 0.15) is 48.0 Å². The summed E-state index contributed by atoms with van der Waals surface area (Å²) in [6.45, 7) is 14.9. The summed E-state index contributed by atoms with van der Waals surface area (Å²) in [6.07, 6.45) is 0.800. The Labute approximate surface area is 182 Å². The van der Waals surface area contributed by atoms with Crippen molar-refractivity contribution in [2.24, 2.45) is 0 Å². The molecule has 0 bridgehead atoms. The van der Waals surface area contributed by atoms with E-state index in [9.17, 15) is 4.79 Å². The largest absolute Gasteiger partial charge is 0.444 e. The molecule has 1 N–H and O–H groups in total. The number of anilines is 1. The van der Waals surface area contributed by atoms with Gasteiger partial charge in [0.05, 0.1) is 21.7 Å². The lowest BCUT2D eigenvalue weighted by Crippen LogP contribution is -2.50. The predicted octanol–water partition coefficient (Wildman–Crippen LogP) is 5.55. The van der Waals surface area contributed by atoms with Gasteiger partial charge >= 0.3 is 6.09 Å². The Balaban J connectivity index is 1.72. The molecule has 0 saturated carbocycles. The normalized spacial score (nSPS) is 15.8. The van der Waals surface area contributed by atoms with Gasteiger partial charge in [0.25, 0.3) is 0 Å². The number of hydrogen-bond acceptors (Lipinski definition) is 5. The van der Waals surface area contributed by atoms with E-state index in [-0.39, 0.29) is 10.8 Å². The van der Waals surface area contributed by atoms with E-state index in [0.29, 0.717) is 31.2 Å². The van der Waals surface area contributed by atoms with Crippen molar-refractivity contribution in [3.8, 4) is 0 Å². The number of nitrogens with zero attached hydrogens (tertiary/aromatic N) is 3. The van der Waals surface area contributed by atoms with Crippen LogP contribution in [0.15, 0.2) is 17.3 Å². The van der Waals surface area contributed by atoms with Gasteiger partial charge in [-0.25, -0.2) is 9.78 Å². The number of rotatable bonds is 4. The van der Waals surface area contributed by atoms with Crippen LogP contribution >= 0.6 is 23.4 Å². The van der Waals surface area contributed by atoms with E-state index in [1.54, 1.807) is 16.7 Å². The molecule has 0 aliphatic carbocycles. The third-order valence-corrected chi connectivity index (χ3v) is 6.56. The molecule has 1 aromatic heterocycles. The summed E-state index contributed by atoms with van der Waals surface area (Å²) in [4.78, 5) is 24.4. The van der Waals surface area contributed by atoms with Gasteiger partial charge in [-0.05, 0) is 39.3 Å². The number of imidazole rings is 1. The van der Waals surface area contributed by atoms with Gasteiger partial charge in [-0.15, -0.1) is 0 Å². The summed E-state index contributed by atoms with van der Waals surface area (Å²) >= 11 is 8.34. The van der Waals surface area contributed by atoms with Gasteiger partial charge in [0, 0.05) is 30.9 Å². The molecular weight excluding hydrogens is 408 g/mol. The minimum Gasteiger partial charge on any atom is -0.444 e. The number of aromatic nitrogens is 2. The smallest absolute Gasteiger partial charge is 0.410 e. The number of H-pyrrole nitrogens is 1. The van der Waals surface area contributed by atoms with E-state index in [1.807, 2.05) is 32.9 Å². The van der Waals surface area contributed by atoms with E-state index in [4.69, 9.17) is 21.3 Å². The SMILES string of the molecule is CCC(C)(C)Sc1nc2cc(N3CCN(C(=O)OC(C)(C)C)CC3)c(Cl)cc2[nH]1. The lowest BCUT2D eigenvalue weighted by Gasteiger charge is -2.37. The summed E-state index contributed by atoms with van der Waals surface area (Å²) in [5.41, 5.74) is 2.33. The maximum absolute atomic E-state index is 12.3. The second kappa shape index (κ2) is 8.26. The highest BCUT2D eigenvalue weighted by atomic mass is 35.5. The first-order chi connectivity index (χ1) is 13.5. The molecule has 8 heteroatoms. The molecule has 0 atom stereocenters. The van der Waals surface area contributed by atoms with Crippen molar-refractivity contribution in [2.45, 2.75) is 63.5 Å². The van der Waals surface area contributed by atoms with E-state index < -0.39 is 5.60 Å². The Hall–Kier alpha value is -1.60. The molecule has 2 heterocycles. The van der Waals surface area contributed by atoms with Gasteiger partial charge < -0.3 is 19.5 Å². The van der Waals surface area contributed by atoms with Crippen molar-refractivity contribution < 1.29 is 9.53 Å². The van der Waals surface area contributed by atoms with Crippen LogP contribution in [0.25, 0.3) is 11.0 Å². The zero-order valence-electron chi connectivity index (χ0n) is 18.1. The second-order valence-corrected chi connectivity index (χ2v) is 11.1. The van der Waals surface area contributed by atoms with E-state index in [1.165, 1.54) is 0 Å². The van der Waals surface area contributed by atoms with Crippen molar-refractivity contribution in [2.75, 3.05) is 31.1 Å². The highest BCUT2D eigenvalue weighted by molar-refractivity contribution is 8.00. The highest BCUT2D eigenvalue weighted by Crippen LogP contribution is 2.36. The molecular formula is C21H31ClN4O2S. The molecule has 29 heavy (non-hydrogen) atoms. The van der Waals surface area contributed by atoms with Gasteiger partial charge in [0.1, 0.15) is 5.60 Å². The number of fused-ring (bicyclic) bond motifs is 1. The lowest BCUT2D eigenvalue weighted by molar-refractivity contribution is 0.0240. The molecule has 2 aromatic rings. The van der Waals surface area contributed by atoms with Gasteiger partial charge in [-0.1, -0.05) is 44.1 Å². The molecule has 1 amide bonds. The number of carbonyl (C=O) groups excluding carboxylic acids is 1. The van der Waals surface area contributed by atoms with Crippen LogP contribution in [0.5, 0.6) is 0 Å². The van der Waals surface area contributed by atoms with E-state index in [2.05, 4.69) is 30.7 Å². The Morgan fingerprint density at radius 1 is 1.21 bits per heavy atom. The minimum atomic E-state index is -0.482. The number of benzene rings is 1. The van der Waals surface area contributed by atoms with Crippen LogP contribution in [-0.2, 0) is 4.74 Å². The molecule has 160 valence electrons. The fourth-order valence-corrected chi connectivity index (χ4v) is 4.33. The van der Waals surface area contributed by atoms with Crippen LogP contribution in [0.3, 0.4) is 0 Å². The second-order valence-electron chi connectivity index (χ2n) is 9.03. The van der Waals surface area contributed by atoms with Gasteiger partial charge in [-0.3, -0.25) is 0 Å². The topological polar surface area (TPSA) is 61.5 Å². The van der Waals surface area contributed by atoms with Crippen LogP contribution in [0, 0.1) is 0 Å². The first kappa shape index (κ1) is 22.1. The molecule has 1 fully saturated rings.